The molecule has 0 N–H and O–H groups in total. The number of hydrogen-bond acceptors (Lipinski definition) is 1. The molecule has 0 atom stereocenters. The van der Waals surface area contributed by atoms with Crippen LogP contribution < -0.4 is 9.40 Å². The topological polar surface area (TPSA) is 18.0 Å². The number of rotatable bonds is 2. The summed E-state index contributed by atoms with van der Waals surface area (Å²) in [4.78, 5) is 5.50. The lowest BCUT2D eigenvalue weighted by atomic mass is 10.3. The van der Waals surface area contributed by atoms with Gasteiger partial charge in [0.05, 0.1) is 7.05 Å². The minimum absolute atomic E-state index is 0.832. The molecule has 66 valence electrons. The van der Waals surface area contributed by atoms with Gasteiger partial charge in [0.25, 0.3) is 6.33 Å². The van der Waals surface area contributed by atoms with Gasteiger partial charge in [0.2, 0.25) is 0 Å². The number of para-hydroxylation sites is 1. The van der Waals surface area contributed by atoms with Crippen molar-refractivity contribution >= 4 is 0 Å². The van der Waals surface area contributed by atoms with Gasteiger partial charge < -0.3 is 0 Å². The molecule has 0 amide bonds. The largest absolute Gasteiger partial charge is 0.297 e. The van der Waals surface area contributed by atoms with Crippen molar-refractivity contribution in [3.05, 3.63) is 49.1 Å². The quantitative estimate of drug-likeness (QED) is 0.626. The maximum absolute atomic E-state index is 5.50. The average Bonchev–Trinajstić information content (AvgIpc) is 2.53. The summed E-state index contributed by atoms with van der Waals surface area (Å²) in [5, 5.41) is 0. The molecule has 0 spiro atoms. The predicted molar refractivity (Wildman–Crippen MR) is 48.1 cm³/mol. The van der Waals surface area contributed by atoms with Gasteiger partial charge in [-0.1, -0.05) is 18.2 Å². The number of imidazole rings is 1. The van der Waals surface area contributed by atoms with E-state index in [4.69, 9.17) is 4.84 Å². The van der Waals surface area contributed by atoms with Crippen molar-refractivity contribution < 1.29 is 9.40 Å². The van der Waals surface area contributed by atoms with Crippen LogP contribution in [0.4, 0.5) is 0 Å². The summed E-state index contributed by atoms with van der Waals surface area (Å²) in [7, 11) is 1.95. The highest BCUT2D eigenvalue weighted by atomic mass is 16.7. The lowest BCUT2D eigenvalue weighted by molar-refractivity contribution is -0.671. The number of nitrogens with zero attached hydrogens (tertiary/aromatic N) is 2. The summed E-state index contributed by atoms with van der Waals surface area (Å²) < 4.78 is 3.58. The second-order valence-electron chi connectivity index (χ2n) is 2.84. The van der Waals surface area contributed by atoms with Gasteiger partial charge in [-0.3, -0.25) is 4.84 Å². The smallest absolute Gasteiger partial charge is 0.284 e. The van der Waals surface area contributed by atoms with Crippen molar-refractivity contribution in [1.29, 1.82) is 0 Å². The van der Waals surface area contributed by atoms with E-state index >= 15 is 0 Å². The fourth-order valence-electron chi connectivity index (χ4n) is 1.08. The zero-order valence-electron chi connectivity index (χ0n) is 7.42. The number of aromatic nitrogens is 2. The van der Waals surface area contributed by atoms with E-state index in [9.17, 15) is 0 Å². The number of aryl methyl sites for hydroxylation is 1. The Morgan fingerprint density at radius 2 is 2.00 bits per heavy atom. The highest BCUT2D eigenvalue weighted by molar-refractivity contribution is 5.20. The first-order valence-corrected chi connectivity index (χ1v) is 4.11. The highest BCUT2D eigenvalue weighted by Crippen LogP contribution is 2.08. The van der Waals surface area contributed by atoms with Gasteiger partial charge in [-0.05, 0) is 16.9 Å². The maximum atomic E-state index is 5.50. The summed E-state index contributed by atoms with van der Waals surface area (Å²) in [6.45, 7) is 0. The third-order valence-corrected chi connectivity index (χ3v) is 1.70. The molecule has 3 heteroatoms. The van der Waals surface area contributed by atoms with Crippen molar-refractivity contribution in [2.75, 3.05) is 0 Å². The third kappa shape index (κ3) is 1.87. The number of hydrogen-bond donors (Lipinski definition) is 0. The van der Waals surface area contributed by atoms with Crippen LogP contribution in [0.1, 0.15) is 0 Å². The van der Waals surface area contributed by atoms with Crippen LogP contribution in [0.25, 0.3) is 0 Å². The molecule has 2 rings (SSSR count). The minimum atomic E-state index is 0.832. The minimum Gasteiger partial charge on any atom is -0.297 e. The Kier molecular flexibility index (Phi) is 2.00. The van der Waals surface area contributed by atoms with Crippen molar-refractivity contribution in [2.45, 2.75) is 0 Å². The van der Waals surface area contributed by atoms with Crippen molar-refractivity contribution in [3.8, 4) is 5.75 Å². The first-order valence-electron chi connectivity index (χ1n) is 4.11. The molecule has 2 aromatic rings. The van der Waals surface area contributed by atoms with Crippen LogP contribution >= 0.6 is 0 Å². The second-order valence-corrected chi connectivity index (χ2v) is 2.84. The van der Waals surface area contributed by atoms with Gasteiger partial charge in [-0.15, -0.1) is 0 Å². The van der Waals surface area contributed by atoms with Gasteiger partial charge in [0, 0.05) is 0 Å². The van der Waals surface area contributed by atoms with E-state index in [1.165, 1.54) is 0 Å². The Morgan fingerprint density at radius 1 is 1.23 bits per heavy atom. The summed E-state index contributed by atoms with van der Waals surface area (Å²) >= 11 is 0. The SMILES string of the molecule is C[n+]1ccn(Oc2ccccc2)c1. The number of benzene rings is 1. The van der Waals surface area contributed by atoms with Gasteiger partial charge in [0.15, 0.2) is 11.9 Å². The Bertz CT molecular complexity index is 381. The van der Waals surface area contributed by atoms with Crippen LogP contribution in [0, 0.1) is 0 Å². The maximum Gasteiger partial charge on any atom is 0.284 e. The van der Waals surface area contributed by atoms with Gasteiger partial charge >= 0.3 is 0 Å². The van der Waals surface area contributed by atoms with Gasteiger partial charge in [-0.2, -0.15) is 0 Å². The Labute approximate surface area is 76.8 Å². The van der Waals surface area contributed by atoms with E-state index in [0.29, 0.717) is 0 Å². The molecule has 0 radical (unpaired) electrons. The standard InChI is InChI=1S/C10H11N2O/c1-11-7-8-12(9-11)13-10-5-3-2-4-6-10/h2-9H,1H3/q+1. The summed E-state index contributed by atoms with van der Waals surface area (Å²) in [6, 6.07) is 9.68. The van der Waals surface area contributed by atoms with Crippen LogP contribution in [0.15, 0.2) is 49.1 Å². The molecule has 0 saturated carbocycles. The lowest BCUT2D eigenvalue weighted by Gasteiger charge is -1.96. The average molecular weight is 175 g/mol. The van der Waals surface area contributed by atoms with E-state index in [2.05, 4.69) is 0 Å². The Morgan fingerprint density at radius 3 is 2.62 bits per heavy atom. The summed E-state index contributed by atoms with van der Waals surface area (Å²) in [5.41, 5.74) is 0. The Hall–Kier alpha value is -1.77. The van der Waals surface area contributed by atoms with E-state index in [1.807, 2.05) is 60.7 Å². The van der Waals surface area contributed by atoms with E-state index < -0.39 is 0 Å². The van der Waals surface area contributed by atoms with E-state index in [-0.39, 0.29) is 0 Å². The van der Waals surface area contributed by atoms with Crippen molar-refractivity contribution in [3.63, 3.8) is 0 Å². The van der Waals surface area contributed by atoms with Crippen LogP contribution in [-0.2, 0) is 7.05 Å². The van der Waals surface area contributed by atoms with Crippen LogP contribution in [0.2, 0.25) is 0 Å². The molecule has 0 aliphatic heterocycles. The molecular formula is C10H11N2O+. The highest BCUT2D eigenvalue weighted by Gasteiger charge is 2.01. The van der Waals surface area contributed by atoms with Crippen LogP contribution in [0.5, 0.6) is 5.75 Å². The van der Waals surface area contributed by atoms with Crippen LogP contribution in [0.3, 0.4) is 0 Å². The molecule has 1 heterocycles. The van der Waals surface area contributed by atoms with E-state index in [1.54, 1.807) is 4.73 Å². The monoisotopic (exact) mass is 175 g/mol. The molecule has 0 bridgehead atoms. The molecular weight excluding hydrogens is 164 g/mol. The predicted octanol–water partition coefficient (Wildman–Crippen LogP) is 1.15. The molecule has 1 aromatic heterocycles. The fourth-order valence-corrected chi connectivity index (χ4v) is 1.08. The zero-order chi connectivity index (χ0) is 9.10. The first-order chi connectivity index (χ1) is 6.34. The second kappa shape index (κ2) is 3.31. The molecule has 0 unspecified atom stereocenters. The molecule has 3 nitrogen and oxygen atoms in total. The van der Waals surface area contributed by atoms with E-state index in [0.717, 1.165) is 5.75 Å². The molecule has 0 aliphatic rings. The fraction of sp³-hybridized carbons (Fsp3) is 0.100. The molecule has 0 fully saturated rings. The lowest BCUT2D eigenvalue weighted by Crippen LogP contribution is -2.24. The molecule has 1 aromatic carbocycles. The van der Waals surface area contributed by atoms with Crippen molar-refractivity contribution in [2.24, 2.45) is 7.05 Å². The Balaban J connectivity index is 2.15. The van der Waals surface area contributed by atoms with Gasteiger partial charge in [-0.25, -0.2) is 4.57 Å². The van der Waals surface area contributed by atoms with Crippen molar-refractivity contribution in [1.82, 2.24) is 4.73 Å². The third-order valence-electron chi connectivity index (χ3n) is 1.70. The molecule has 0 saturated heterocycles. The molecule has 0 aliphatic carbocycles. The van der Waals surface area contributed by atoms with Crippen LogP contribution in [-0.4, -0.2) is 4.73 Å². The summed E-state index contributed by atoms with van der Waals surface area (Å²) in [6.07, 6.45) is 5.63. The zero-order valence-corrected chi connectivity index (χ0v) is 7.42. The molecule has 13 heavy (non-hydrogen) atoms. The normalized spacial score (nSPS) is 9.92. The summed E-state index contributed by atoms with van der Waals surface area (Å²) in [5.74, 6) is 0.832. The first kappa shape index (κ1) is 7.86. The van der Waals surface area contributed by atoms with Gasteiger partial charge in [0.1, 0.15) is 6.20 Å².